The molecule has 3 fully saturated rings. The predicted octanol–water partition coefficient (Wildman–Crippen LogP) is 2.57. The zero-order valence-corrected chi connectivity index (χ0v) is 11.1. The number of nitrogens with one attached hydrogen (secondary N) is 2. The van der Waals surface area contributed by atoms with Crippen LogP contribution in [0.3, 0.4) is 0 Å². The van der Waals surface area contributed by atoms with Crippen LogP contribution in [0.25, 0.3) is 0 Å². The van der Waals surface area contributed by atoms with Crippen LogP contribution in [-0.2, 0) is 0 Å². The van der Waals surface area contributed by atoms with E-state index in [1.54, 1.807) is 0 Å². The maximum atomic E-state index is 5.31. The fourth-order valence-corrected chi connectivity index (χ4v) is 3.84. The van der Waals surface area contributed by atoms with E-state index in [1.165, 1.54) is 44.2 Å². The van der Waals surface area contributed by atoms with Crippen LogP contribution in [0.2, 0.25) is 0 Å². The van der Waals surface area contributed by atoms with E-state index in [4.69, 9.17) is 12.2 Å². The third-order valence-electron chi connectivity index (χ3n) is 4.55. The second kappa shape index (κ2) is 4.92. The van der Waals surface area contributed by atoms with Crippen molar-refractivity contribution in [3.63, 3.8) is 0 Å². The first-order chi connectivity index (χ1) is 8.31. The van der Waals surface area contributed by atoms with Gasteiger partial charge in [-0.15, -0.1) is 0 Å². The number of hydrazone groups is 1. The van der Waals surface area contributed by atoms with Crippen LogP contribution in [0, 0.1) is 11.8 Å². The van der Waals surface area contributed by atoms with Gasteiger partial charge in [0.25, 0.3) is 0 Å². The molecule has 3 rings (SSSR count). The highest BCUT2D eigenvalue weighted by Gasteiger charge is 2.39. The molecule has 0 aliphatic heterocycles. The minimum Gasteiger partial charge on any atom is -0.358 e. The lowest BCUT2D eigenvalue weighted by Gasteiger charge is -2.23. The van der Waals surface area contributed by atoms with E-state index in [0.717, 1.165) is 29.8 Å². The van der Waals surface area contributed by atoms with Crippen LogP contribution in [-0.4, -0.2) is 16.9 Å². The Labute approximate surface area is 108 Å². The Morgan fingerprint density at radius 3 is 2.65 bits per heavy atom. The quantitative estimate of drug-likeness (QED) is 0.585. The van der Waals surface area contributed by atoms with Gasteiger partial charge in [0.2, 0.25) is 0 Å². The molecule has 0 heterocycles. The van der Waals surface area contributed by atoms with Gasteiger partial charge in [0.05, 0.1) is 0 Å². The summed E-state index contributed by atoms with van der Waals surface area (Å²) in [5.41, 5.74) is 4.30. The maximum absolute atomic E-state index is 5.31. The van der Waals surface area contributed by atoms with Crippen molar-refractivity contribution in [3.05, 3.63) is 0 Å². The molecule has 0 radical (unpaired) electrons. The van der Waals surface area contributed by atoms with Gasteiger partial charge in [0.15, 0.2) is 5.11 Å². The third kappa shape index (κ3) is 2.62. The van der Waals surface area contributed by atoms with Crippen molar-refractivity contribution in [1.29, 1.82) is 0 Å². The molecule has 3 saturated carbocycles. The molecule has 0 aromatic carbocycles. The smallest absolute Gasteiger partial charge is 0.187 e. The van der Waals surface area contributed by atoms with Gasteiger partial charge < -0.3 is 5.32 Å². The number of fused-ring (bicyclic) bond motifs is 2. The van der Waals surface area contributed by atoms with Crippen molar-refractivity contribution in [2.75, 3.05) is 0 Å². The fourth-order valence-electron chi connectivity index (χ4n) is 3.65. The average molecular weight is 251 g/mol. The molecule has 0 aromatic rings. The van der Waals surface area contributed by atoms with Crippen LogP contribution < -0.4 is 10.7 Å². The molecule has 3 aliphatic rings. The first-order valence-electron chi connectivity index (χ1n) is 6.93. The highest BCUT2D eigenvalue weighted by atomic mass is 32.1. The summed E-state index contributed by atoms with van der Waals surface area (Å²) >= 11 is 5.31. The normalized spacial score (nSPS) is 35.1. The maximum Gasteiger partial charge on any atom is 0.187 e. The second-order valence-electron chi connectivity index (χ2n) is 5.75. The first kappa shape index (κ1) is 11.5. The van der Waals surface area contributed by atoms with Crippen LogP contribution >= 0.6 is 12.2 Å². The standard InChI is InChI=1S/C13H21N3S/c17-13(16-15-11-3-1-2-4-11)14-12-8-9-5-6-10(12)7-9/h9-10,12H,1-8H2,(H2,14,16,17)/t9-,10+,12-/m0/s1. The molecule has 3 atom stereocenters. The third-order valence-corrected chi connectivity index (χ3v) is 4.76. The van der Waals surface area contributed by atoms with Gasteiger partial charge in [-0.25, -0.2) is 0 Å². The molecule has 0 amide bonds. The topological polar surface area (TPSA) is 36.4 Å². The fraction of sp³-hybridized carbons (Fsp3) is 0.846. The summed E-state index contributed by atoms with van der Waals surface area (Å²) in [7, 11) is 0. The first-order valence-corrected chi connectivity index (χ1v) is 7.34. The lowest BCUT2D eigenvalue weighted by molar-refractivity contribution is 0.389. The van der Waals surface area contributed by atoms with E-state index < -0.39 is 0 Å². The van der Waals surface area contributed by atoms with Gasteiger partial charge in [0.1, 0.15) is 0 Å². The average Bonchev–Trinajstić information content (AvgIpc) is 3.03. The van der Waals surface area contributed by atoms with E-state index in [1.807, 2.05) is 0 Å². The molecule has 3 nitrogen and oxygen atoms in total. The molecule has 0 spiro atoms. The lowest BCUT2D eigenvalue weighted by Crippen LogP contribution is -2.42. The molecule has 4 heteroatoms. The highest BCUT2D eigenvalue weighted by molar-refractivity contribution is 7.80. The summed E-state index contributed by atoms with van der Waals surface area (Å²) in [6.07, 6.45) is 10.4. The minimum absolute atomic E-state index is 0.609. The number of hydrogen-bond acceptors (Lipinski definition) is 2. The molecule has 0 unspecified atom stereocenters. The van der Waals surface area contributed by atoms with Crippen molar-refractivity contribution in [2.45, 2.75) is 57.4 Å². The predicted molar refractivity (Wildman–Crippen MR) is 74.0 cm³/mol. The van der Waals surface area contributed by atoms with Crippen molar-refractivity contribution < 1.29 is 0 Å². The van der Waals surface area contributed by atoms with E-state index >= 15 is 0 Å². The molecule has 94 valence electrons. The molecular weight excluding hydrogens is 230 g/mol. The van der Waals surface area contributed by atoms with Crippen LogP contribution in [0.4, 0.5) is 0 Å². The SMILES string of the molecule is S=C(NN=C1CCCC1)N[C@H]1C[C@H]2CC[C@@H]1C2. The molecule has 0 saturated heterocycles. The Kier molecular flexibility index (Phi) is 3.32. The Morgan fingerprint density at radius 2 is 2.00 bits per heavy atom. The summed E-state index contributed by atoms with van der Waals surface area (Å²) in [6, 6.07) is 0.609. The van der Waals surface area contributed by atoms with Crippen LogP contribution in [0.15, 0.2) is 5.10 Å². The minimum atomic E-state index is 0.609. The molecule has 17 heavy (non-hydrogen) atoms. The van der Waals surface area contributed by atoms with E-state index in [9.17, 15) is 0 Å². The zero-order valence-electron chi connectivity index (χ0n) is 10.2. The van der Waals surface area contributed by atoms with Crippen molar-refractivity contribution in [2.24, 2.45) is 16.9 Å². The van der Waals surface area contributed by atoms with Gasteiger partial charge >= 0.3 is 0 Å². The van der Waals surface area contributed by atoms with Crippen LogP contribution in [0.5, 0.6) is 0 Å². The van der Waals surface area contributed by atoms with Crippen molar-refractivity contribution in [3.8, 4) is 0 Å². The lowest BCUT2D eigenvalue weighted by atomic mass is 9.96. The van der Waals surface area contributed by atoms with Crippen LogP contribution in [0.1, 0.15) is 51.4 Å². The van der Waals surface area contributed by atoms with Gasteiger partial charge in [-0.3, -0.25) is 5.43 Å². The monoisotopic (exact) mass is 251 g/mol. The summed E-state index contributed by atoms with van der Waals surface area (Å²) in [5.74, 6) is 1.82. The van der Waals surface area contributed by atoms with Crippen molar-refractivity contribution in [1.82, 2.24) is 10.7 Å². The van der Waals surface area contributed by atoms with Gasteiger partial charge in [-0.05, 0) is 69.0 Å². The van der Waals surface area contributed by atoms with Gasteiger partial charge in [0, 0.05) is 11.8 Å². The zero-order chi connectivity index (χ0) is 11.7. The molecular formula is C13H21N3S. The number of hydrogen-bond donors (Lipinski definition) is 2. The molecule has 3 aliphatic carbocycles. The number of rotatable bonds is 2. The Bertz CT molecular complexity index is 332. The summed E-state index contributed by atoms with van der Waals surface area (Å²) in [4.78, 5) is 0. The van der Waals surface area contributed by atoms with Gasteiger partial charge in [-0.2, -0.15) is 5.10 Å². The highest BCUT2D eigenvalue weighted by Crippen LogP contribution is 2.44. The molecule has 2 bridgehead atoms. The number of thiocarbonyl (C=S) groups is 1. The van der Waals surface area contributed by atoms with E-state index in [2.05, 4.69) is 15.8 Å². The Balaban J connectivity index is 1.45. The Morgan fingerprint density at radius 1 is 1.18 bits per heavy atom. The summed E-state index contributed by atoms with van der Waals surface area (Å²) < 4.78 is 0. The molecule has 2 N–H and O–H groups in total. The largest absolute Gasteiger partial charge is 0.358 e. The van der Waals surface area contributed by atoms with E-state index in [0.29, 0.717) is 6.04 Å². The Hall–Kier alpha value is -0.640. The summed E-state index contributed by atoms with van der Waals surface area (Å²) in [5, 5.41) is 8.56. The number of nitrogens with zero attached hydrogens (tertiary/aromatic N) is 1. The van der Waals surface area contributed by atoms with Gasteiger partial charge in [-0.1, -0.05) is 6.42 Å². The molecule has 0 aromatic heterocycles. The van der Waals surface area contributed by atoms with E-state index in [-0.39, 0.29) is 0 Å². The van der Waals surface area contributed by atoms with Crippen molar-refractivity contribution >= 4 is 23.0 Å². The summed E-state index contributed by atoms with van der Waals surface area (Å²) in [6.45, 7) is 0. The second-order valence-corrected chi connectivity index (χ2v) is 6.16.